The first-order chi connectivity index (χ1) is 14.8. The van der Waals surface area contributed by atoms with Crippen LogP contribution in [0.5, 0.6) is 5.88 Å². The van der Waals surface area contributed by atoms with Gasteiger partial charge >= 0.3 is 0 Å². The molecule has 3 N–H and O–H groups in total. The Hall–Kier alpha value is -3.72. The molecule has 1 aromatic carbocycles. The number of carbonyl (C=O) groups is 1. The Morgan fingerprint density at radius 3 is 2.56 bits per heavy atom. The molecular formula is C22H24ClFN6O2. The summed E-state index contributed by atoms with van der Waals surface area (Å²) in [6.07, 6.45) is 3.73. The van der Waals surface area contributed by atoms with Crippen LogP contribution in [0.2, 0.25) is 5.02 Å². The highest BCUT2D eigenvalue weighted by Gasteiger charge is 2.10. The van der Waals surface area contributed by atoms with E-state index in [-0.39, 0.29) is 25.3 Å². The molecule has 2 aromatic heterocycles. The van der Waals surface area contributed by atoms with Gasteiger partial charge in [0, 0.05) is 11.8 Å². The molecule has 0 fully saturated rings. The maximum absolute atomic E-state index is 14.3. The minimum absolute atomic E-state index is 0. The van der Waals surface area contributed by atoms with Crippen LogP contribution in [0.3, 0.4) is 0 Å². The van der Waals surface area contributed by atoms with E-state index in [0.717, 1.165) is 12.3 Å². The number of nitrogens with one attached hydrogen (secondary N) is 3. The first-order valence-corrected chi connectivity index (χ1v) is 9.64. The molecule has 0 radical (unpaired) electrons. The van der Waals surface area contributed by atoms with E-state index in [1.54, 1.807) is 36.5 Å². The fraction of sp³-hybridized carbons (Fsp3) is 0.182. The van der Waals surface area contributed by atoms with Gasteiger partial charge < -0.3 is 20.7 Å². The molecule has 0 saturated carbocycles. The number of benzene rings is 1. The second kappa shape index (κ2) is 11.1. The van der Waals surface area contributed by atoms with Gasteiger partial charge in [-0.05, 0) is 44.2 Å². The molecule has 0 unspecified atom stereocenters. The standard InChI is InChI=1S/C21H20ClFN6O2.CH4/c1-4-18(30)28-17-9-13(5-7-15(17)22)26-20-16(23)11-25-21(29-20)27-14-6-8-19(24-10-14)31-12(2)3;/h4-12H,1H2,2-3H3,(H,28,30)(H2,25,26,27,29);1H4. The monoisotopic (exact) mass is 458 g/mol. The number of ether oxygens (including phenoxy) is 1. The van der Waals surface area contributed by atoms with Crippen LogP contribution >= 0.6 is 11.6 Å². The third kappa shape index (κ3) is 6.64. The Labute approximate surface area is 190 Å². The predicted octanol–water partition coefficient (Wildman–Crippen LogP) is 5.70. The maximum atomic E-state index is 14.3. The largest absolute Gasteiger partial charge is 0.475 e. The zero-order valence-electron chi connectivity index (χ0n) is 16.8. The summed E-state index contributed by atoms with van der Waals surface area (Å²) in [6.45, 7) is 7.21. The summed E-state index contributed by atoms with van der Waals surface area (Å²) < 4.78 is 19.8. The number of amides is 1. The summed E-state index contributed by atoms with van der Waals surface area (Å²) in [7, 11) is 0. The van der Waals surface area contributed by atoms with Crippen molar-refractivity contribution in [1.82, 2.24) is 15.0 Å². The zero-order chi connectivity index (χ0) is 22.4. The molecule has 0 bridgehead atoms. The van der Waals surface area contributed by atoms with Gasteiger partial charge in [0.1, 0.15) is 0 Å². The van der Waals surface area contributed by atoms with Crippen molar-refractivity contribution >= 4 is 46.3 Å². The number of hydrogen-bond donors (Lipinski definition) is 3. The fourth-order valence-electron chi connectivity index (χ4n) is 2.43. The summed E-state index contributed by atoms with van der Waals surface area (Å²) >= 11 is 6.08. The molecule has 10 heteroatoms. The summed E-state index contributed by atoms with van der Waals surface area (Å²) in [5.41, 5.74) is 1.41. The topological polar surface area (TPSA) is 101 Å². The fourth-order valence-corrected chi connectivity index (χ4v) is 2.59. The second-order valence-electron chi connectivity index (χ2n) is 6.58. The third-order valence-corrected chi connectivity index (χ3v) is 4.09. The van der Waals surface area contributed by atoms with Gasteiger partial charge in [-0.1, -0.05) is 25.6 Å². The Kier molecular flexibility index (Phi) is 8.48. The SMILES string of the molecule is C.C=CC(=O)Nc1cc(Nc2nc(Nc3ccc(OC(C)C)nc3)ncc2F)ccc1Cl. The third-order valence-electron chi connectivity index (χ3n) is 3.77. The van der Waals surface area contributed by atoms with Crippen LogP contribution in [0, 0.1) is 5.82 Å². The first kappa shape index (κ1) is 24.5. The molecule has 0 saturated heterocycles. The van der Waals surface area contributed by atoms with Crippen molar-refractivity contribution in [2.75, 3.05) is 16.0 Å². The van der Waals surface area contributed by atoms with Crippen molar-refractivity contribution in [2.24, 2.45) is 0 Å². The summed E-state index contributed by atoms with van der Waals surface area (Å²) in [5, 5.41) is 8.71. The van der Waals surface area contributed by atoms with Gasteiger partial charge in [0.25, 0.3) is 0 Å². The van der Waals surface area contributed by atoms with Gasteiger partial charge in [0.05, 0.1) is 34.9 Å². The van der Waals surface area contributed by atoms with Gasteiger partial charge in [-0.2, -0.15) is 4.98 Å². The molecule has 32 heavy (non-hydrogen) atoms. The maximum Gasteiger partial charge on any atom is 0.247 e. The Morgan fingerprint density at radius 2 is 1.91 bits per heavy atom. The van der Waals surface area contributed by atoms with Crippen LogP contribution in [0.25, 0.3) is 0 Å². The minimum Gasteiger partial charge on any atom is -0.475 e. The Balaban J connectivity index is 0.00000363. The van der Waals surface area contributed by atoms with Crippen LogP contribution in [-0.4, -0.2) is 27.0 Å². The number of hydrogen-bond acceptors (Lipinski definition) is 7. The van der Waals surface area contributed by atoms with E-state index in [2.05, 4.69) is 37.5 Å². The molecule has 3 aromatic rings. The molecule has 2 heterocycles. The van der Waals surface area contributed by atoms with Gasteiger partial charge in [-0.25, -0.2) is 14.4 Å². The van der Waals surface area contributed by atoms with Crippen LogP contribution in [0.15, 0.2) is 55.4 Å². The van der Waals surface area contributed by atoms with E-state index in [9.17, 15) is 9.18 Å². The summed E-state index contributed by atoms with van der Waals surface area (Å²) in [6, 6.07) is 8.19. The van der Waals surface area contributed by atoms with E-state index in [0.29, 0.717) is 28.0 Å². The van der Waals surface area contributed by atoms with E-state index >= 15 is 0 Å². The van der Waals surface area contributed by atoms with Crippen molar-refractivity contribution in [3.8, 4) is 5.88 Å². The summed E-state index contributed by atoms with van der Waals surface area (Å²) in [5.74, 6) is -0.482. The molecule has 0 aliphatic carbocycles. The molecule has 0 aliphatic heterocycles. The molecule has 8 nitrogen and oxygen atoms in total. The quantitative estimate of drug-likeness (QED) is 0.372. The number of halogens is 2. The second-order valence-corrected chi connectivity index (χ2v) is 6.99. The Morgan fingerprint density at radius 1 is 1.16 bits per heavy atom. The molecule has 168 valence electrons. The van der Waals surface area contributed by atoms with Gasteiger partial charge in [-0.15, -0.1) is 0 Å². The van der Waals surface area contributed by atoms with Crippen LogP contribution in [-0.2, 0) is 4.79 Å². The van der Waals surface area contributed by atoms with E-state index in [1.807, 2.05) is 13.8 Å². The number of nitrogens with zero attached hydrogens (tertiary/aromatic N) is 3. The highest BCUT2D eigenvalue weighted by atomic mass is 35.5. The highest BCUT2D eigenvalue weighted by Crippen LogP contribution is 2.28. The van der Waals surface area contributed by atoms with Crippen LogP contribution < -0.4 is 20.7 Å². The van der Waals surface area contributed by atoms with E-state index in [1.165, 1.54) is 0 Å². The van der Waals surface area contributed by atoms with Crippen LogP contribution in [0.4, 0.5) is 33.2 Å². The lowest BCUT2D eigenvalue weighted by Gasteiger charge is -2.12. The number of carbonyl (C=O) groups excluding carboxylic acids is 1. The first-order valence-electron chi connectivity index (χ1n) is 9.26. The van der Waals surface area contributed by atoms with Crippen molar-refractivity contribution in [3.05, 3.63) is 66.2 Å². The lowest BCUT2D eigenvalue weighted by atomic mass is 10.2. The molecular weight excluding hydrogens is 435 g/mol. The minimum atomic E-state index is -0.656. The normalized spacial score (nSPS) is 10.2. The number of aromatic nitrogens is 3. The van der Waals surface area contributed by atoms with Crippen molar-refractivity contribution in [1.29, 1.82) is 0 Å². The van der Waals surface area contributed by atoms with Crippen molar-refractivity contribution in [3.63, 3.8) is 0 Å². The van der Waals surface area contributed by atoms with Gasteiger partial charge in [0.2, 0.25) is 17.7 Å². The average molecular weight is 459 g/mol. The molecule has 0 aliphatic rings. The molecule has 0 spiro atoms. The molecule has 3 rings (SSSR count). The summed E-state index contributed by atoms with van der Waals surface area (Å²) in [4.78, 5) is 23.8. The molecule has 1 amide bonds. The highest BCUT2D eigenvalue weighted by molar-refractivity contribution is 6.34. The van der Waals surface area contributed by atoms with Crippen LogP contribution in [0.1, 0.15) is 21.3 Å². The van der Waals surface area contributed by atoms with Crippen molar-refractivity contribution in [2.45, 2.75) is 27.4 Å². The number of anilines is 5. The Bertz CT molecular complexity index is 1090. The average Bonchev–Trinajstić information content (AvgIpc) is 2.74. The van der Waals surface area contributed by atoms with Crippen molar-refractivity contribution < 1.29 is 13.9 Å². The van der Waals surface area contributed by atoms with Gasteiger partial charge in [-0.3, -0.25) is 4.79 Å². The number of rotatable bonds is 8. The number of pyridine rings is 1. The molecule has 0 atom stereocenters. The smallest absolute Gasteiger partial charge is 0.247 e. The predicted molar refractivity (Wildman–Crippen MR) is 126 cm³/mol. The lowest BCUT2D eigenvalue weighted by molar-refractivity contribution is -0.111. The van der Waals surface area contributed by atoms with E-state index < -0.39 is 11.7 Å². The van der Waals surface area contributed by atoms with Gasteiger partial charge in [0.15, 0.2) is 11.6 Å². The van der Waals surface area contributed by atoms with E-state index in [4.69, 9.17) is 16.3 Å². The zero-order valence-corrected chi connectivity index (χ0v) is 17.6. The lowest BCUT2D eigenvalue weighted by Crippen LogP contribution is -2.08.